The molecule has 0 bridgehead atoms. The third kappa shape index (κ3) is 1.60. The smallest absolute Gasteiger partial charge is 0.109 e. The van der Waals surface area contributed by atoms with E-state index in [1.165, 1.54) is 0 Å². The van der Waals surface area contributed by atoms with Crippen LogP contribution in [0.3, 0.4) is 0 Å². The van der Waals surface area contributed by atoms with Gasteiger partial charge in [-0.1, -0.05) is 0 Å². The summed E-state index contributed by atoms with van der Waals surface area (Å²) in [6.45, 7) is -0.304. The van der Waals surface area contributed by atoms with E-state index in [2.05, 4.69) is 0 Å². The molecule has 3 unspecified atom stereocenters. The van der Waals surface area contributed by atoms with Crippen molar-refractivity contribution in [3.05, 3.63) is 0 Å². The van der Waals surface area contributed by atoms with Crippen LogP contribution < -0.4 is 0 Å². The summed E-state index contributed by atoms with van der Waals surface area (Å²) in [6, 6.07) is 0. The molecule has 0 aliphatic heterocycles. The van der Waals surface area contributed by atoms with Crippen LogP contribution >= 0.6 is 0 Å². The van der Waals surface area contributed by atoms with Crippen LogP contribution in [0.5, 0.6) is 0 Å². The minimum atomic E-state index is -1.37. The highest BCUT2D eigenvalue weighted by molar-refractivity contribution is 4.91. The first-order chi connectivity index (χ1) is 5.57. The molecule has 0 aromatic carbocycles. The maximum atomic E-state index is 9.24. The summed E-state index contributed by atoms with van der Waals surface area (Å²) in [6.07, 6.45) is -4.81. The summed E-state index contributed by atoms with van der Waals surface area (Å²) >= 11 is 0. The van der Waals surface area contributed by atoms with E-state index in [4.69, 9.17) is 20.4 Å². The fourth-order valence-corrected chi connectivity index (χ4v) is 1.48. The first-order valence-corrected chi connectivity index (χ1v) is 3.91. The Morgan fingerprint density at radius 3 is 2.00 bits per heavy atom. The van der Waals surface area contributed by atoms with Gasteiger partial charge in [-0.05, 0) is 6.42 Å². The van der Waals surface area contributed by atoms with Gasteiger partial charge in [0.05, 0.1) is 12.2 Å². The number of aliphatic hydroxyl groups is 5. The molecule has 5 atom stereocenters. The Morgan fingerprint density at radius 1 is 0.917 bits per heavy atom. The van der Waals surface area contributed by atoms with Crippen LogP contribution in [0.4, 0.5) is 0 Å². The summed E-state index contributed by atoms with van der Waals surface area (Å²) in [7, 11) is 0. The average molecular weight is 178 g/mol. The molecule has 0 amide bonds. The molecule has 72 valence electrons. The minimum absolute atomic E-state index is 0.107. The van der Waals surface area contributed by atoms with Gasteiger partial charge in [-0.15, -0.1) is 0 Å². The first kappa shape index (κ1) is 9.88. The highest BCUT2D eigenvalue weighted by Gasteiger charge is 2.41. The van der Waals surface area contributed by atoms with E-state index in [1.807, 2.05) is 0 Å². The molecule has 5 nitrogen and oxygen atoms in total. The van der Waals surface area contributed by atoms with E-state index in [9.17, 15) is 5.11 Å². The van der Waals surface area contributed by atoms with Crippen molar-refractivity contribution in [1.82, 2.24) is 0 Å². The van der Waals surface area contributed by atoms with E-state index in [0.29, 0.717) is 0 Å². The molecule has 5 N–H and O–H groups in total. The molecule has 12 heavy (non-hydrogen) atoms. The molecule has 5 heteroatoms. The van der Waals surface area contributed by atoms with Crippen LogP contribution in [0.2, 0.25) is 0 Å². The molecule has 0 radical (unpaired) electrons. The highest BCUT2D eigenvalue weighted by atomic mass is 16.4. The van der Waals surface area contributed by atoms with Gasteiger partial charge in [-0.25, -0.2) is 0 Å². The lowest BCUT2D eigenvalue weighted by Crippen LogP contribution is -2.54. The van der Waals surface area contributed by atoms with Crippen LogP contribution in [0, 0.1) is 5.92 Å². The normalized spacial score (nSPS) is 49.2. The molecule has 1 rings (SSSR count). The van der Waals surface area contributed by atoms with Crippen molar-refractivity contribution in [1.29, 1.82) is 0 Å². The van der Waals surface area contributed by atoms with E-state index >= 15 is 0 Å². The van der Waals surface area contributed by atoms with Gasteiger partial charge in [0.15, 0.2) is 0 Å². The molecule has 0 aromatic heterocycles. The third-order valence-electron chi connectivity index (χ3n) is 2.36. The molecule has 0 saturated heterocycles. The monoisotopic (exact) mass is 178 g/mol. The standard InChI is InChI=1S/C7H14O5/c8-2-3-1-4(9)6(11)7(12)5(3)10/h3-12H,1-2H2/t3?,4?,5?,6-,7-/m1/s1. The summed E-state index contributed by atoms with van der Waals surface area (Å²) in [5.74, 6) is -0.557. The highest BCUT2D eigenvalue weighted by Crippen LogP contribution is 2.25. The molecular weight excluding hydrogens is 164 g/mol. The lowest BCUT2D eigenvalue weighted by Gasteiger charge is -2.37. The van der Waals surface area contributed by atoms with Crippen molar-refractivity contribution in [2.75, 3.05) is 6.61 Å². The van der Waals surface area contributed by atoms with E-state index in [0.717, 1.165) is 0 Å². The van der Waals surface area contributed by atoms with Crippen molar-refractivity contribution in [3.8, 4) is 0 Å². The molecule has 1 saturated carbocycles. The molecule has 1 aliphatic carbocycles. The van der Waals surface area contributed by atoms with Crippen molar-refractivity contribution < 1.29 is 25.5 Å². The van der Waals surface area contributed by atoms with Crippen LogP contribution in [0.25, 0.3) is 0 Å². The van der Waals surface area contributed by atoms with Gasteiger partial charge in [0.1, 0.15) is 12.2 Å². The first-order valence-electron chi connectivity index (χ1n) is 3.91. The molecular formula is C7H14O5. The molecule has 1 fully saturated rings. The molecule has 0 spiro atoms. The second-order valence-electron chi connectivity index (χ2n) is 3.22. The summed E-state index contributed by atoms with van der Waals surface area (Å²) in [5.41, 5.74) is 0. The Hall–Kier alpha value is -0.200. The van der Waals surface area contributed by atoms with Crippen LogP contribution in [-0.2, 0) is 0 Å². The predicted octanol–water partition coefficient (Wildman–Crippen LogP) is -2.56. The van der Waals surface area contributed by atoms with Crippen molar-refractivity contribution >= 4 is 0 Å². The fraction of sp³-hybridized carbons (Fsp3) is 1.00. The Labute approximate surface area is 69.9 Å². The Morgan fingerprint density at radius 2 is 1.50 bits per heavy atom. The van der Waals surface area contributed by atoms with Gasteiger partial charge in [0, 0.05) is 12.5 Å². The zero-order chi connectivity index (χ0) is 9.30. The summed E-state index contributed by atoms with van der Waals surface area (Å²) in [5, 5.41) is 45.3. The van der Waals surface area contributed by atoms with E-state index in [1.54, 1.807) is 0 Å². The van der Waals surface area contributed by atoms with Gasteiger partial charge in [0.2, 0.25) is 0 Å². The maximum Gasteiger partial charge on any atom is 0.109 e. The van der Waals surface area contributed by atoms with E-state index in [-0.39, 0.29) is 13.0 Å². The minimum Gasteiger partial charge on any atom is -0.396 e. The average Bonchev–Trinajstić information content (AvgIpc) is 2.08. The molecule has 0 heterocycles. The van der Waals surface area contributed by atoms with Crippen LogP contribution in [-0.4, -0.2) is 56.6 Å². The number of aliphatic hydroxyl groups excluding tert-OH is 5. The Balaban J connectivity index is 2.63. The van der Waals surface area contributed by atoms with Crippen molar-refractivity contribution in [3.63, 3.8) is 0 Å². The van der Waals surface area contributed by atoms with Crippen LogP contribution in [0.15, 0.2) is 0 Å². The third-order valence-corrected chi connectivity index (χ3v) is 2.36. The summed E-state index contributed by atoms with van der Waals surface area (Å²) in [4.78, 5) is 0. The Bertz CT molecular complexity index is 146. The summed E-state index contributed by atoms with van der Waals surface area (Å²) < 4.78 is 0. The lowest BCUT2D eigenvalue weighted by molar-refractivity contribution is -0.163. The molecule has 1 aliphatic rings. The van der Waals surface area contributed by atoms with Gasteiger partial charge < -0.3 is 25.5 Å². The SMILES string of the molecule is OCC1CC(O)[C@@H](O)[C@H](O)C1O. The van der Waals surface area contributed by atoms with Gasteiger partial charge >= 0.3 is 0 Å². The Kier molecular flexibility index (Phi) is 3.03. The predicted molar refractivity (Wildman–Crippen MR) is 39.2 cm³/mol. The second-order valence-corrected chi connectivity index (χ2v) is 3.22. The maximum absolute atomic E-state index is 9.24. The van der Waals surface area contributed by atoms with Crippen LogP contribution in [0.1, 0.15) is 6.42 Å². The van der Waals surface area contributed by atoms with Gasteiger partial charge in [0.25, 0.3) is 0 Å². The topological polar surface area (TPSA) is 101 Å². The number of rotatable bonds is 1. The zero-order valence-electron chi connectivity index (χ0n) is 6.54. The number of hydrogen-bond donors (Lipinski definition) is 5. The zero-order valence-corrected chi connectivity index (χ0v) is 6.54. The van der Waals surface area contributed by atoms with Crippen molar-refractivity contribution in [2.45, 2.75) is 30.8 Å². The van der Waals surface area contributed by atoms with Gasteiger partial charge in [-0.3, -0.25) is 0 Å². The largest absolute Gasteiger partial charge is 0.396 e. The number of hydrogen-bond acceptors (Lipinski definition) is 5. The van der Waals surface area contributed by atoms with E-state index < -0.39 is 30.3 Å². The second kappa shape index (κ2) is 3.68. The fourth-order valence-electron chi connectivity index (χ4n) is 1.48. The van der Waals surface area contributed by atoms with Crippen molar-refractivity contribution in [2.24, 2.45) is 5.92 Å². The lowest BCUT2D eigenvalue weighted by atomic mass is 9.81. The molecule has 0 aromatic rings. The van der Waals surface area contributed by atoms with Gasteiger partial charge in [-0.2, -0.15) is 0 Å². The quantitative estimate of drug-likeness (QED) is 0.304.